The molecule has 0 amide bonds. The van der Waals surface area contributed by atoms with E-state index in [0.29, 0.717) is 48.3 Å². The van der Waals surface area contributed by atoms with Gasteiger partial charge in [0.15, 0.2) is 0 Å². The van der Waals surface area contributed by atoms with Gasteiger partial charge in [0.1, 0.15) is 18.3 Å². The molecule has 0 bridgehead atoms. The van der Waals surface area contributed by atoms with Crippen LogP contribution in [0.4, 0.5) is 0 Å². The minimum Gasteiger partial charge on any atom is -0.458 e. The Bertz CT molecular complexity index is 1030. The van der Waals surface area contributed by atoms with Crippen molar-refractivity contribution < 1.29 is 29.6 Å². The third kappa shape index (κ3) is 7.14. The summed E-state index contributed by atoms with van der Waals surface area (Å²) in [6, 6.07) is 0. The first-order valence-corrected chi connectivity index (χ1v) is 16.7. The Balaban J connectivity index is 1.41. The Labute approximate surface area is 254 Å². The third-order valence-electron chi connectivity index (χ3n) is 11.1. The van der Waals surface area contributed by atoms with Crippen LogP contribution in [0.25, 0.3) is 0 Å². The monoisotopic (exact) mass is 584 g/mol. The van der Waals surface area contributed by atoms with Gasteiger partial charge in [0, 0.05) is 31.1 Å². The summed E-state index contributed by atoms with van der Waals surface area (Å²) in [5.74, 6) is 1.52. The molecule has 1 heterocycles. The Hall–Kier alpha value is -1.73. The van der Waals surface area contributed by atoms with Crippen molar-refractivity contribution in [1.82, 2.24) is 0 Å². The van der Waals surface area contributed by atoms with Gasteiger partial charge < -0.3 is 24.8 Å². The van der Waals surface area contributed by atoms with Gasteiger partial charge in [-0.05, 0) is 85.7 Å². The van der Waals surface area contributed by atoms with E-state index in [1.165, 1.54) is 44.1 Å². The fourth-order valence-electron chi connectivity index (χ4n) is 8.72. The second-order valence-corrected chi connectivity index (χ2v) is 13.8. The lowest BCUT2D eigenvalue weighted by atomic mass is 9.60. The molecule has 0 spiro atoms. The smallest absolute Gasteiger partial charge is 0.334 e. The zero-order chi connectivity index (χ0) is 30.4. The van der Waals surface area contributed by atoms with Crippen LogP contribution in [0.15, 0.2) is 47.6 Å². The van der Waals surface area contributed by atoms with E-state index in [1.807, 2.05) is 0 Å². The predicted octanol–water partition coefficient (Wildman–Crippen LogP) is 6.60. The molecule has 1 saturated heterocycles. The van der Waals surface area contributed by atoms with Gasteiger partial charge in [-0.3, -0.25) is 0 Å². The van der Waals surface area contributed by atoms with Crippen molar-refractivity contribution >= 4 is 5.97 Å². The van der Waals surface area contributed by atoms with Crippen LogP contribution in [0.2, 0.25) is 0 Å². The van der Waals surface area contributed by atoms with E-state index in [4.69, 9.17) is 14.6 Å². The maximum atomic E-state index is 12.5. The van der Waals surface area contributed by atoms with Crippen LogP contribution in [-0.2, 0) is 14.3 Å². The first-order chi connectivity index (χ1) is 20.1. The normalized spacial score (nSPS) is 37.9. The van der Waals surface area contributed by atoms with E-state index in [2.05, 4.69) is 46.1 Å². The number of aliphatic hydroxyl groups excluding tert-OH is 3. The number of aliphatic hydroxyl groups is 3. The van der Waals surface area contributed by atoms with Crippen molar-refractivity contribution in [3.8, 4) is 0 Å². The number of carbonyl (C=O) groups is 1. The molecule has 42 heavy (non-hydrogen) atoms. The molecule has 0 radical (unpaired) electrons. The number of allylic oxidation sites excluding steroid dienone is 3. The lowest BCUT2D eigenvalue weighted by Gasteiger charge is -2.45. The topological polar surface area (TPSA) is 96.2 Å². The first-order valence-electron chi connectivity index (χ1n) is 16.7. The molecule has 6 heteroatoms. The number of esters is 1. The molecule has 9 atom stereocenters. The Morgan fingerprint density at radius 3 is 2.64 bits per heavy atom. The highest BCUT2D eigenvalue weighted by Crippen LogP contribution is 2.60. The molecule has 1 aliphatic heterocycles. The molecule has 236 valence electrons. The lowest BCUT2D eigenvalue weighted by Crippen LogP contribution is -2.45. The Morgan fingerprint density at radius 2 is 1.90 bits per heavy atom. The molecular formula is C36H56O6. The number of fused-ring (bicyclic) bond motifs is 1. The van der Waals surface area contributed by atoms with Crippen LogP contribution < -0.4 is 0 Å². The molecule has 6 nitrogen and oxygen atoms in total. The highest BCUT2D eigenvalue weighted by molar-refractivity contribution is 5.90. The maximum absolute atomic E-state index is 12.5. The Morgan fingerprint density at radius 1 is 1.12 bits per heavy atom. The van der Waals surface area contributed by atoms with Gasteiger partial charge in [0.2, 0.25) is 0 Å². The van der Waals surface area contributed by atoms with Crippen molar-refractivity contribution in [2.75, 3.05) is 13.2 Å². The van der Waals surface area contributed by atoms with Gasteiger partial charge in [0.05, 0.1) is 6.10 Å². The van der Waals surface area contributed by atoms with Crippen LogP contribution in [-0.4, -0.2) is 58.9 Å². The lowest BCUT2D eigenvalue weighted by molar-refractivity contribution is -0.140. The molecule has 6 unspecified atom stereocenters. The average Bonchev–Trinajstić information content (AvgIpc) is 3.45. The average molecular weight is 585 g/mol. The summed E-state index contributed by atoms with van der Waals surface area (Å²) in [7, 11) is 0. The number of hydrogen-bond acceptors (Lipinski definition) is 6. The minimum absolute atomic E-state index is 0.0156. The predicted molar refractivity (Wildman–Crippen MR) is 167 cm³/mol. The van der Waals surface area contributed by atoms with Crippen LogP contribution in [0.5, 0.6) is 0 Å². The van der Waals surface area contributed by atoms with Gasteiger partial charge in [0.25, 0.3) is 0 Å². The van der Waals surface area contributed by atoms with Gasteiger partial charge in [-0.15, -0.1) is 0 Å². The van der Waals surface area contributed by atoms with E-state index in [9.17, 15) is 15.0 Å². The second kappa shape index (κ2) is 14.8. The van der Waals surface area contributed by atoms with Crippen LogP contribution in [0, 0.1) is 29.1 Å². The van der Waals surface area contributed by atoms with Gasteiger partial charge in [-0.1, -0.05) is 77.3 Å². The zero-order valence-electron chi connectivity index (χ0n) is 26.4. The quantitative estimate of drug-likeness (QED) is 0.128. The molecule has 0 aromatic carbocycles. The standard InChI is InChI=1S/C36H56O6/c1-6-7-8-9-13-28-25(4)35(40)42-32(28)21-23(2)29-16-17-30-26(12-10-18-36(29,30)5)14-15-27-22-31(38)34(33(39)24(27)3)41-20-11-19-37/h14-15,23,28-34,37-39H,3-4,6-13,16-22H2,1-2,5H3/b26-14-,27-15+/t23?,28?,29-,30+,31?,32?,33?,34?,36-/m1/s1. The van der Waals surface area contributed by atoms with Crippen molar-refractivity contribution in [3.05, 3.63) is 47.6 Å². The molecule has 4 rings (SSSR count). The van der Waals surface area contributed by atoms with E-state index in [1.54, 1.807) is 0 Å². The van der Waals surface area contributed by atoms with Crippen LogP contribution in [0.3, 0.4) is 0 Å². The minimum atomic E-state index is -0.957. The molecule has 4 fully saturated rings. The zero-order valence-corrected chi connectivity index (χ0v) is 26.4. The molecule has 3 aliphatic carbocycles. The summed E-state index contributed by atoms with van der Waals surface area (Å²) >= 11 is 0. The molecular weight excluding hydrogens is 528 g/mol. The number of cyclic esters (lactones) is 1. The number of carbonyl (C=O) groups excluding carboxylic acids is 1. The molecule has 3 saturated carbocycles. The van der Waals surface area contributed by atoms with E-state index < -0.39 is 18.3 Å². The van der Waals surface area contributed by atoms with Crippen molar-refractivity contribution in [3.63, 3.8) is 0 Å². The fourth-order valence-corrected chi connectivity index (χ4v) is 8.72. The summed E-state index contributed by atoms with van der Waals surface area (Å²) in [6.45, 7) is 15.6. The van der Waals surface area contributed by atoms with Crippen molar-refractivity contribution in [1.29, 1.82) is 0 Å². The fraction of sp³-hybridized carbons (Fsp3) is 0.750. The summed E-state index contributed by atoms with van der Waals surface area (Å²) in [4.78, 5) is 12.5. The molecule has 0 aromatic heterocycles. The summed E-state index contributed by atoms with van der Waals surface area (Å²) < 4.78 is 11.6. The van der Waals surface area contributed by atoms with E-state index >= 15 is 0 Å². The molecule has 4 aliphatic rings. The number of ether oxygens (including phenoxy) is 2. The highest BCUT2D eigenvalue weighted by Gasteiger charge is 2.51. The summed E-state index contributed by atoms with van der Waals surface area (Å²) in [5.41, 5.74) is 3.86. The van der Waals surface area contributed by atoms with E-state index in [0.717, 1.165) is 37.7 Å². The van der Waals surface area contributed by atoms with Crippen molar-refractivity contribution in [2.45, 2.75) is 129 Å². The van der Waals surface area contributed by atoms with Crippen molar-refractivity contribution in [2.24, 2.45) is 29.1 Å². The maximum Gasteiger partial charge on any atom is 0.334 e. The SMILES string of the molecule is C=C1/C(=C/C=C2/CCC[C@]3(C)[C@@H](C(C)CC4OC(=O)C(=C)C4CCCCCC)CC[C@@H]23)CC(O)C(OCCCO)C1O. The van der Waals surface area contributed by atoms with E-state index in [-0.39, 0.29) is 30.0 Å². The van der Waals surface area contributed by atoms with Gasteiger partial charge in [-0.2, -0.15) is 0 Å². The number of unbranched alkanes of at least 4 members (excludes halogenated alkanes) is 3. The molecule has 3 N–H and O–H groups in total. The third-order valence-corrected chi connectivity index (χ3v) is 11.1. The van der Waals surface area contributed by atoms with Crippen LogP contribution >= 0.6 is 0 Å². The Kier molecular flexibility index (Phi) is 11.7. The first kappa shape index (κ1) is 33.2. The summed E-state index contributed by atoms with van der Waals surface area (Å²) in [6.07, 6.45) is 15.2. The summed E-state index contributed by atoms with van der Waals surface area (Å²) in [5, 5.41) is 30.5. The van der Waals surface area contributed by atoms with Crippen LogP contribution in [0.1, 0.15) is 104 Å². The second-order valence-electron chi connectivity index (χ2n) is 13.8. The molecule has 0 aromatic rings. The van der Waals surface area contributed by atoms with Gasteiger partial charge >= 0.3 is 5.97 Å². The number of rotatable bonds is 13. The highest BCUT2D eigenvalue weighted by atomic mass is 16.6. The van der Waals surface area contributed by atoms with Gasteiger partial charge in [-0.25, -0.2) is 4.79 Å². The largest absolute Gasteiger partial charge is 0.458 e. The number of hydrogen-bond donors (Lipinski definition) is 3.